The van der Waals surface area contributed by atoms with Crippen LogP contribution in [-0.2, 0) is 11.3 Å². The Morgan fingerprint density at radius 3 is 2.76 bits per heavy atom. The smallest absolute Gasteiger partial charge is 0.229 e. The SMILES string of the molecule is CCCC1(C(=O)N(Cc2cccs2)C2CC2)CCNCC1. The van der Waals surface area contributed by atoms with Crippen molar-refractivity contribution in [3.05, 3.63) is 22.4 Å². The average molecular weight is 306 g/mol. The van der Waals surface area contributed by atoms with Crippen molar-refractivity contribution in [2.45, 2.75) is 58.0 Å². The Bertz CT molecular complexity index is 456. The minimum absolute atomic E-state index is 0.0974. The zero-order valence-corrected chi connectivity index (χ0v) is 13.8. The van der Waals surface area contributed by atoms with Gasteiger partial charge in [-0.05, 0) is 56.6 Å². The molecule has 0 aromatic carbocycles. The second-order valence-corrected chi connectivity index (χ2v) is 7.56. The number of thiophene rings is 1. The summed E-state index contributed by atoms with van der Waals surface area (Å²) in [5.74, 6) is 0.432. The predicted molar refractivity (Wildman–Crippen MR) is 87.3 cm³/mol. The Morgan fingerprint density at radius 1 is 1.43 bits per heavy atom. The van der Waals surface area contributed by atoms with E-state index in [1.165, 1.54) is 17.7 Å². The van der Waals surface area contributed by atoms with E-state index in [0.717, 1.165) is 45.3 Å². The van der Waals surface area contributed by atoms with Crippen LogP contribution in [-0.4, -0.2) is 29.9 Å². The van der Waals surface area contributed by atoms with Crippen molar-refractivity contribution in [3.8, 4) is 0 Å². The van der Waals surface area contributed by atoms with Crippen LogP contribution >= 0.6 is 11.3 Å². The van der Waals surface area contributed by atoms with Crippen LogP contribution in [0.1, 0.15) is 50.3 Å². The molecule has 21 heavy (non-hydrogen) atoms. The Hall–Kier alpha value is -0.870. The summed E-state index contributed by atoms with van der Waals surface area (Å²) >= 11 is 1.77. The summed E-state index contributed by atoms with van der Waals surface area (Å²) in [6.45, 7) is 5.00. The van der Waals surface area contributed by atoms with Crippen molar-refractivity contribution in [1.82, 2.24) is 10.2 Å². The van der Waals surface area contributed by atoms with E-state index >= 15 is 0 Å². The summed E-state index contributed by atoms with van der Waals surface area (Å²) in [5.41, 5.74) is -0.0974. The van der Waals surface area contributed by atoms with Crippen molar-refractivity contribution in [3.63, 3.8) is 0 Å². The standard InChI is InChI=1S/C17H26N2OS/c1-2-7-17(8-10-18-11-9-17)16(20)19(14-5-6-14)13-15-4-3-12-21-15/h3-4,12,14,18H,2,5-11,13H2,1H3. The van der Waals surface area contributed by atoms with Gasteiger partial charge in [0.2, 0.25) is 5.91 Å². The minimum Gasteiger partial charge on any atom is -0.334 e. The van der Waals surface area contributed by atoms with E-state index in [1.807, 2.05) is 0 Å². The van der Waals surface area contributed by atoms with Crippen LogP contribution in [0.5, 0.6) is 0 Å². The molecular formula is C17H26N2OS. The van der Waals surface area contributed by atoms with Gasteiger partial charge in [-0.25, -0.2) is 0 Å². The lowest BCUT2D eigenvalue weighted by Gasteiger charge is -2.40. The average Bonchev–Trinajstić information content (AvgIpc) is 3.22. The summed E-state index contributed by atoms with van der Waals surface area (Å²) in [7, 11) is 0. The topological polar surface area (TPSA) is 32.3 Å². The van der Waals surface area contributed by atoms with Crippen molar-refractivity contribution in [1.29, 1.82) is 0 Å². The molecule has 2 fully saturated rings. The minimum atomic E-state index is -0.0974. The molecule has 0 bridgehead atoms. The lowest BCUT2D eigenvalue weighted by atomic mass is 9.74. The number of carbonyl (C=O) groups excluding carboxylic acids is 1. The summed E-state index contributed by atoms with van der Waals surface area (Å²) in [6.07, 6.45) is 6.54. The molecule has 0 atom stereocenters. The Morgan fingerprint density at radius 2 is 2.19 bits per heavy atom. The molecule has 1 aromatic rings. The molecule has 2 heterocycles. The van der Waals surface area contributed by atoms with Crippen molar-refractivity contribution in [2.75, 3.05) is 13.1 Å². The molecule has 0 spiro atoms. The van der Waals surface area contributed by atoms with Crippen LogP contribution in [0.15, 0.2) is 17.5 Å². The largest absolute Gasteiger partial charge is 0.334 e. The number of piperidine rings is 1. The van der Waals surface area contributed by atoms with Gasteiger partial charge in [-0.15, -0.1) is 11.3 Å². The normalized spacial score (nSPS) is 21.2. The second kappa shape index (κ2) is 6.49. The Labute approximate surface area is 131 Å². The zero-order chi connectivity index (χ0) is 14.7. The number of carbonyl (C=O) groups is 1. The molecule has 1 saturated heterocycles. The van der Waals surface area contributed by atoms with Gasteiger partial charge in [0.05, 0.1) is 12.0 Å². The molecule has 1 aliphatic carbocycles. The van der Waals surface area contributed by atoms with E-state index in [4.69, 9.17) is 0 Å². The third kappa shape index (κ3) is 3.32. The number of hydrogen-bond donors (Lipinski definition) is 1. The van der Waals surface area contributed by atoms with Crippen LogP contribution in [0, 0.1) is 5.41 Å². The van der Waals surface area contributed by atoms with Gasteiger partial charge in [-0.2, -0.15) is 0 Å². The molecule has 1 saturated carbocycles. The summed E-state index contributed by atoms with van der Waals surface area (Å²) in [4.78, 5) is 16.8. The van der Waals surface area contributed by atoms with Gasteiger partial charge in [-0.1, -0.05) is 19.4 Å². The van der Waals surface area contributed by atoms with E-state index in [2.05, 4.69) is 34.7 Å². The molecular weight excluding hydrogens is 280 g/mol. The Kier molecular flexibility index (Phi) is 4.65. The van der Waals surface area contributed by atoms with E-state index in [9.17, 15) is 4.79 Å². The predicted octanol–water partition coefficient (Wildman–Crippen LogP) is 3.41. The lowest BCUT2D eigenvalue weighted by Crippen LogP contribution is -2.49. The van der Waals surface area contributed by atoms with E-state index < -0.39 is 0 Å². The molecule has 1 aromatic heterocycles. The summed E-state index contributed by atoms with van der Waals surface area (Å²) in [6, 6.07) is 4.74. The maximum absolute atomic E-state index is 13.3. The first-order valence-corrected chi connectivity index (χ1v) is 9.17. The first-order chi connectivity index (χ1) is 10.2. The maximum atomic E-state index is 13.3. The van der Waals surface area contributed by atoms with Crippen LogP contribution in [0.3, 0.4) is 0 Å². The highest BCUT2D eigenvalue weighted by molar-refractivity contribution is 7.09. The molecule has 116 valence electrons. The first-order valence-electron chi connectivity index (χ1n) is 8.29. The van der Waals surface area contributed by atoms with Gasteiger partial charge in [0, 0.05) is 10.9 Å². The van der Waals surface area contributed by atoms with Gasteiger partial charge in [-0.3, -0.25) is 4.79 Å². The zero-order valence-electron chi connectivity index (χ0n) is 12.9. The lowest BCUT2D eigenvalue weighted by molar-refractivity contribution is -0.145. The van der Waals surface area contributed by atoms with Crippen molar-refractivity contribution >= 4 is 17.2 Å². The number of hydrogen-bond acceptors (Lipinski definition) is 3. The third-order valence-corrected chi connectivity index (χ3v) is 5.76. The van der Waals surface area contributed by atoms with Crippen molar-refractivity contribution < 1.29 is 4.79 Å². The number of amides is 1. The van der Waals surface area contributed by atoms with Gasteiger partial charge in [0.1, 0.15) is 0 Å². The van der Waals surface area contributed by atoms with Gasteiger partial charge >= 0.3 is 0 Å². The van der Waals surface area contributed by atoms with Gasteiger partial charge in [0.25, 0.3) is 0 Å². The fourth-order valence-electron chi connectivity index (χ4n) is 3.58. The molecule has 1 aliphatic heterocycles. The van der Waals surface area contributed by atoms with Gasteiger partial charge in [0.15, 0.2) is 0 Å². The van der Waals surface area contributed by atoms with E-state index in [1.54, 1.807) is 11.3 Å². The fraction of sp³-hybridized carbons (Fsp3) is 0.706. The van der Waals surface area contributed by atoms with Crippen LogP contribution in [0.2, 0.25) is 0 Å². The summed E-state index contributed by atoms with van der Waals surface area (Å²) < 4.78 is 0. The van der Waals surface area contributed by atoms with Crippen LogP contribution in [0.4, 0.5) is 0 Å². The number of rotatable bonds is 6. The molecule has 3 nitrogen and oxygen atoms in total. The molecule has 0 radical (unpaired) electrons. The van der Waals surface area contributed by atoms with Crippen molar-refractivity contribution in [2.24, 2.45) is 5.41 Å². The Balaban J connectivity index is 1.78. The molecule has 2 aliphatic rings. The quantitative estimate of drug-likeness (QED) is 0.873. The van der Waals surface area contributed by atoms with E-state index in [-0.39, 0.29) is 5.41 Å². The maximum Gasteiger partial charge on any atom is 0.229 e. The number of nitrogens with zero attached hydrogens (tertiary/aromatic N) is 1. The van der Waals surface area contributed by atoms with Crippen LogP contribution < -0.4 is 5.32 Å². The van der Waals surface area contributed by atoms with Crippen LogP contribution in [0.25, 0.3) is 0 Å². The molecule has 4 heteroatoms. The molecule has 3 rings (SSSR count). The third-order valence-electron chi connectivity index (χ3n) is 4.90. The highest BCUT2D eigenvalue weighted by Crippen LogP contribution is 2.40. The first kappa shape index (κ1) is 15.0. The summed E-state index contributed by atoms with van der Waals surface area (Å²) in [5, 5.41) is 5.52. The molecule has 1 amide bonds. The highest BCUT2D eigenvalue weighted by atomic mass is 32.1. The number of nitrogens with one attached hydrogen (secondary N) is 1. The second-order valence-electron chi connectivity index (χ2n) is 6.52. The fourth-order valence-corrected chi connectivity index (χ4v) is 4.29. The molecule has 1 N–H and O–H groups in total. The monoisotopic (exact) mass is 306 g/mol. The molecule has 0 unspecified atom stereocenters. The van der Waals surface area contributed by atoms with E-state index in [0.29, 0.717) is 11.9 Å². The van der Waals surface area contributed by atoms with Gasteiger partial charge < -0.3 is 10.2 Å². The highest BCUT2D eigenvalue weighted by Gasteiger charge is 2.45.